The van der Waals surface area contributed by atoms with Crippen molar-refractivity contribution in [2.45, 2.75) is 45.4 Å². The minimum Gasteiger partial charge on any atom is -0.396 e. The van der Waals surface area contributed by atoms with Crippen molar-refractivity contribution in [3.8, 4) is 0 Å². The van der Waals surface area contributed by atoms with Crippen LogP contribution in [0.5, 0.6) is 0 Å². The van der Waals surface area contributed by atoms with Gasteiger partial charge in [0.25, 0.3) is 0 Å². The third kappa shape index (κ3) is 1.93. The van der Waals surface area contributed by atoms with E-state index in [2.05, 4.69) is 26.0 Å². The zero-order valence-electron chi connectivity index (χ0n) is 9.71. The van der Waals surface area contributed by atoms with Crippen LogP contribution in [0.15, 0.2) is 12.1 Å². The fraction of sp³-hybridized carbons (Fsp3) is 0.571. The highest BCUT2D eigenvalue weighted by atomic mass is 16.3. The summed E-state index contributed by atoms with van der Waals surface area (Å²) < 4.78 is 0. The second-order valence-electron chi connectivity index (χ2n) is 4.69. The lowest BCUT2D eigenvalue weighted by Gasteiger charge is -2.28. The van der Waals surface area contributed by atoms with Crippen molar-refractivity contribution in [3.63, 3.8) is 0 Å². The van der Waals surface area contributed by atoms with Crippen molar-refractivity contribution in [3.05, 3.63) is 34.4 Å². The van der Waals surface area contributed by atoms with Crippen LogP contribution in [-0.2, 0) is 6.42 Å². The van der Waals surface area contributed by atoms with Crippen LogP contribution in [0, 0.1) is 13.8 Å². The molecule has 1 aliphatic rings. The molecule has 0 saturated carbocycles. The van der Waals surface area contributed by atoms with E-state index >= 15 is 0 Å². The average Bonchev–Trinajstić information content (AvgIpc) is 2.24. The zero-order valence-corrected chi connectivity index (χ0v) is 9.71. The molecule has 82 valence electrons. The van der Waals surface area contributed by atoms with Crippen LogP contribution in [0.25, 0.3) is 0 Å². The van der Waals surface area contributed by atoms with Gasteiger partial charge in [-0.1, -0.05) is 12.1 Å². The number of aliphatic hydroxyl groups is 1. The smallest absolute Gasteiger partial charge is 0.0436 e. The lowest BCUT2D eigenvalue weighted by molar-refractivity contribution is 0.269. The average molecular weight is 204 g/mol. The van der Waals surface area contributed by atoms with Gasteiger partial charge in [0, 0.05) is 6.61 Å². The van der Waals surface area contributed by atoms with Gasteiger partial charge < -0.3 is 5.11 Å². The number of aryl methyl sites for hydroxylation is 2. The lowest BCUT2D eigenvalue weighted by Crippen LogP contribution is -2.14. The molecule has 0 aliphatic heterocycles. The summed E-state index contributed by atoms with van der Waals surface area (Å²) in [7, 11) is 0. The van der Waals surface area contributed by atoms with E-state index < -0.39 is 0 Å². The Morgan fingerprint density at radius 2 is 2.00 bits per heavy atom. The number of aliphatic hydroxyl groups excluding tert-OH is 1. The van der Waals surface area contributed by atoms with Crippen molar-refractivity contribution in [1.82, 2.24) is 0 Å². The fourth-order valence-electron chi connectivity index (χ4n) is 2.91. The molecule has 0 spiro atoms. The van der Waals surface area contributed by atoms with Crippen molar-refractivity contribution in [1.29, 1.82) is 0 Å². The Hall–Kier alpha value is -0.820. The molecular weight excluding hydrogens is 184 g/mol. The second kappa shape index (κ2) is 4.36. The highest BCUT2D eigenvalue weighted by molar-refractivity contribution is 5.43. The molecule has 1 nitrogen and oxygen atoms in total. The van der Waals surface area contributed by atoms with E-state index in [1.165, 1.54) is 36.0 Å². The Balaban J connectivity index is 2.45. The Labute approximate surface area is 92.1 Å². The monoisotopic (exact) mass is 204 g/mol. The van der Waals surface area contributed by atoms with Crippen LogP contribution in [0.1, 0.15) is 47.4 Å². The summed E-state index contributed by atoms with van der Waals surface area (Å²) in [5.41, 5.74) is 5.93. The molecule has 1 atom stereocenters. The first-order valence-electron chi connectivity index (χ1n) is 5.94. The number of hydrogen-bond acceptors (Lipinski definition) is 1. The summed E-state index contributed by atoms with van der Waals surface area (Å²) in [5.74, 6) is 0.596. The molecule has 2 rings (SSSR count). The van der Waals surface area contributed by atoms with Crippen LogP contribution in [-0.4, -0.2) is 11.7 Å². The summed E-state index contributed by atoms with van der Waals surface area (Å²) >= 11 is 0. The van der Waals surface area contributed by atoms with E-state index in [1.807, 2.05) is 0 Å². The van der Waals surface area contributed by atoms with E-state index in [1.54, 1.807) is 5.56 Å². The maximum absolute atomic E-state index is 9.10. The van der Waals surface area contributed by atoms with Crippen LogP contribution >= 0.6 is 0 Å². The molecule has 0 saturated heterocycles. The van der Waals surface area contributed by atoms with Crippen molar-refractivity contribution in [2.24, 2.45) is 0 Å². The molecule has 1 aromatic rings. The van der Waals surface area contributed by atoms with Crippen molar-refractivity contribution in [2.75, 3.05) is 6.61 Å². The molecule has 1 N–H and O–H groups in total. The van der Waals surface area contributed by atoms with Crippen LogP contribution in [0.2, 0.25) is 0 Å². The SMILES string of the molecule is Cc1ccc(C)c2c1CCCC2CCO. The molecule has 0 fully saturated rings. The molecule has 1 heteroatoms. The summed E-state index contributed by atoms with van der Waals surface area (Å²) in [6.45, 7) is 4.73. The van der Waals surface area contributed by atoms with E-state index in [9.17, 15) is 0 Å². The third-order valence-corrected chi connectivity index (χ3v) is 3.67. The fourth-order valence-corrected chi connectivity index (χ4v) is 2.91. The number of fused-ring (bicyclic) bond motifs is 1. The first-order chi connectivity index (χ1) is 7.24. The molecular formula is C14H20O. The Kier molecular flexibility index (Phi) is 3.11. The van der Waals surface area contributed by atoms with Gasteiger partial charge in [-0.05, 0) is 67.7 Å². The summed E-state index contributed by atoms with van der Waals surface area (Å²) in [5, 5.41) is 9.10. The summed E-state index contributed by atoms with van der Waals surface area (Å²) in [4.78, 5) is 0. The van der Waals surface area contributed by atoms with Gasteiger partial charge in [0.1, 0.15) is 0 Å². The normalized spacial score (nSPS) is 20.1. The van der Waals surface area contributed by atoms with Gasteiger partial charge in [-0.3, -0.25) is 0 Å². The van der Waals surface area contributed by atoms with Crippen LogP contribution in [0.3, 0.4) is 0 Å². The zero-order chi connectivity index (χ0) is 10.8. The first kappa shape index (κ1) is 10.7. The molecule has 0 amide bonds. The number of benzene rings is 1. The summed E-state index contributed by atoms with van der Waals surface area (Å²) in [6.07, 6.45) is 4.68. The maximum Gasteiger partial charge on any atom is 0.0436 e. The Morgan fingerprint density at radius 1 is 1.27 bits per heavy atom. The number of hydrogen-bond donors (Lipinski definition) is 1. The lowest BCUT2D eigenvalue weighted by atomic mass is 9.77. The molecule has 1 aliphatic carbocycles. The van der Waals surface area contributed by atoms with Gasteiger partial charge in [0.05, 0.1) is 0 Å². The quantitative estimate of drug-likeness (QED) is 0.784. The van der Waals surface area contributed by atoms with Gasteiger partial charge in [0.2, 0.25) is 0 Å². The van der Waals surface area contributed by atoms with Gasteiger partial charge in [-0.25, -0.2) is 0 Å². The summed E-state index contributed by atoms with van der Waals surface area (Å²) in [6, 6.07) is 4.46. The van der Waals surface area contributed by atoms with E-state index in [4.69, 9.17) is 5.11 Å². The topological polar surface area (TPSA) is 20.2 Å². The Bertz CT molecular complexity index is 355. The van der Waals surface area contributed by atoms with Gasteiger partial charge >= 0.3 is 0 Å². The highest BCUT2D eigenvalue weighted by Gasteiger charge is 2.22. The maximum atomic E-state index is 9.10. The minimum atomic E-state index is 0.317. The van der Waals surface area contributed by atoms with Crippen LogP contribution in [0.4, 0.5) is 0 Å². The van der Waals surface area contributed by atoms with Crippen molar-refractivity contribution >= 4 is 0 Å². The second-order valence-corrected chi connectivity index (χ2v) is 4.69. The predicted molar refractivity (Wildman–Crippen MR) is 63.3 cm³/mol. The molecule has 1 unspecified atom stereocenters. The molecule has 0 heterocycles. The van der Waals surface area contributed by atoms with E-state index in [0.29, 0.717) is 12.5 Å². The predicted octanol–water partition coefficient (Wildman–Crippen LogP) is 3.11. The van der Waals surface area contributed by atoms with E-state index in [0.717, 1.165) is 6.42 Å². The van der Waals surface area contributed by atoms with Crippen LogP contribution < -0.4 is 0 Å². The molecule has 15 heavy (non-hydrogen) atoms. The molecule has 1 aromatic carbocycles. The third-order valence-electron chi connectivity index (χ3n) is 3.67. The Morgan fingerprint density at radius 3 is 2.73 bits per heavy atom. The van der Waals surface area contributed by atoms with Crippen molar-refractivity contribution < 1.29 is 5.11 Å². The van der Waals surface area contributed by atoms with E-state index in [-0.39, 0.29) is 0 Å². The van der Waals surface area contributed by atoms with Gasteiger partial charge in [0.15, 0.2) is 0 Å². The standard InChI is InChI=1S/C14H20O/c1-10-6-7-11(2)14-12(8-9-15)4-3-5-13(10)14/h6-7,12,15H,3-5,8-9H2,1-2H3. The highest BCUT2D eigenvalue weighted by Crippen LogP contribution is 2.37. The minimum absolute atomic E-state index is 0.317. The molecule has 0 radical (unpaired) electrons. The first-order valence-corrected chi connectivity index (χ1v) is 5.94. The largest absolute Gasteiger partial charge is 0.396 e. The molecule has 0 bridgehead atoms. The van der Waals surface area contributed by atoms with Gasteiger partial charge in [-0.15, -0.1) is 0 Å². The molecule has 0 aromatic heterocycles. The van der Waals surface area contributed by atoms with Gasteiger partial charge in [-0.2, -0.15) is 0 Å². The number of rotatable bonds is 2.